The van der Waals surface area contributed by atoms with Crippen LogP contribution in [0.2, 0.25) is 0 Å². The molecule has 0 atom stereocenters. The van der Waals surface area contributed by atoms with Gasteiger partial charge in [0.25, 0.3) is 0 Å². The Bertz CT molecular complexity index is 1260. The molecule has 1 saturated heterocycles. The molecule has 1 N–H and O–H groups in total. The van der Waals surface area contributed by atoms with Crippen molar-refractivity contribution < 1.29 is 23.0 Å². The Kier molecular flexibility index (Phi) is 6.70. The standard InChI is InChI=1S/C26H28F3N5O2/c1-15(2)34-7-8-36-26-20(28)9-16(10-22(26)34)25-21(29)13-31-24(32-25)12-17-11-19(27)23(14-30-17)33-5-3-18(35)4-6-33/h9-11,13-15,18,35H,3-8,12H2,1-2H3. The number of fused-ring (bicyclic) bond motifs is 1. The zero-order valence-corrected chi connectivity index (χ0v) is 20.2. The maximum atomic E-state index is 14.9. The van der Waals surface area contributed by atoms with Gasteiger partial charge in [-0.2, -0.15) is 0 Å². The van der Waals surface area contributed by atoms with E-state index in [2.05, 4.69) is 15.0 Å². The molecule has 7 nitrogen and oxygen atoms in total. The van der Waals surface area contributed by atoms with Gasteiger partial charge in [0, 0.05) is 24.7 Å². The fraction of sp³-hybridized carbons (Fsp3) is 0.423. The van der Waals surface area contributed by atoms with Gasteiger partial charge in [0.1, 0.15) is 23.9 Å². The average Bonchev–Trinajstić information content (AvgIpc) is 2.85. The number of aliphatic hydroxyl groups excluding tert-OH is 1. The van der Waals surface area contributed by atoms with Gasteiger partial charge in [-0.25, -0.2) is 23.1 Å². The minimum Gasteiger partial charge on any atom is -0.486 e. The molecule has 2 aromatic heterocycles. The number of hydrogen-bond acceptors (Lipinski definition) is 7. The van der Waals surface area contributed by atoms with Gasteiger partial charge in [-0.15, -0.1) is 0 Å². The highest BCUT2D eigenvalue weighted by Crippen LogP contribution is 2.39. The highest BCUT2D eigenvalue weighted by atomic mass is 19.1. The molecule has 1 aromatic carbocycles. The summed E-state index contributed by atoms with van der Waals surface area (Å²) in [6.45, 7) is 6.07. The van der Waals surface area contributed by atoms with Gasteiger partial charge in [-0.3, -0.25) is 4.98 Å². The molecule has 2 aliphatic rings. The fourth-order valence-corrected chi connectivity index (χ4v) is 4.73. The summed E-state index contributed by atoms with van der Waals surface area (Å²) in [4.78, 5) is 16.6. The first-order chi connectivity index (χ1) is 17.3. The molecule has 4 heterocycles. The first-order valence-electron chi connectivity index (χ1n) is 12.1. The zero-order valence-electron chi connectivity index (χ0n) is 20.2. The summed E-state index contributed by atoms with van der Waals surface area (Å²) in [5.41, 5.74) is 1.55. The number of rotatable bonds is 5. The fourth-order valence-electron chi connectivity index (χ4n) is 4.73. The van der Waals surface area contributed by atoms with Gasteiger partial charge >= 0.3 is 0 Å². The van der Waals surface area contributed by atoms with Gasteiger partial charge in [0.05, 0.1) is 48.5 Å². The number of aromatic nitrogens is 3. The first kappa shape index (κ1) is 24.3. The van der Waals surface area contributed by atoms with E-state index >= 15 is 0 Å². The van der Waals surface area contributed by atoms with Crippen molar-refractivity contribution in [2.45, 2.75) is 45.3 Å². The van der Waals surface area contributed by atoms with Crippen LogP contribution >= 0.6 is 0 Å². The van der Waals surface area contributed by atoms with E-state index in [0.717, 1.165) is 6.20 Å². The number of ether oxygens (including phenoxy) is 1. The minimum atomic E-state index is -0.687. The van der Waals surface area contributed by atoms with Gasteiger partial charge in [0.2, 0.25) is 0 Å². The lowest BCUT2D eigenvalue weighted by Gasteiger charge is -2.34. The predicted octanol–water partition coefficient (Wildman–Crippen LogP) is 4.12. The van der Waals surface area contributed by atoms with Crippen LogP contribution in [0.3, 0.4) is 0 Å². The largest absolute Gasteiger partial charge is 0.486 e. The van der Waals surface area contributed by atoms with E-state index in [9.17, 15) is 18.3 Å². The van der Waals surface area contributed by atoms with Crippen molar-refractivity contribution in [3.63, 3.8) is 0 Å². The topological polar surface area (TPSA) is 74.6 Å². The lowest BCUT2D eigenvalue weighted by Crippen LogP contribution is -2.38. The molecule has 0 radical (unpaired) electrons. The van der Waals surface area contributed by atoms with Gasteiger partial charge in [-0.1, -0.05) is 0 Å². The second-order valence-corrected chi connectivity index (χ2v) is 9.45. The van der Waals surface area contributed by atoms with Crippen molar-refractivity contribution in [1.29, 1.82) is 0 Å². The Morgan fingerprint density at radius 2 is 1.75 bits per heavy atom. The van der Waals surface area contributed by atoms with Crippen molar-refractivity contribution in [2.24, 2.45) is 0 Å². The van der Waals surface area contributed by atoms with Crippen molar-refractivity contribution >= 4 is 11.4 Å². The van der Waals surface area contributed by atoms with Gasteiger partial charge in [0.15, 0.2) is 17.4 Å². The zero-order chi connectivity index (χ0) is 25.4. The normalized spacial score (nSPS) is 16.3. The third-order valence-corrected chi connectivity index (χ3v) is 6.64. The summed E-state index contributed by atoms with van der Waals surface area (Å²) in [6.07, 6.45) is 3.39. The maximum absolute atomic E-state index is 14.9. The molecule has 2 aliphatic heterocycles. The molecule has 0 unspecified atom stereocenters. The molecule has 0 bridgehead atoms. The van der Waals surface area contributed by atoms with Gasteiger partial charge in [-0.05, 0) is 44.9 Å². The monoisotopic (exact) mass is 499 g/mol. The molecule has 0 saturated carbocycles. The number of halogens is 3. The van der Waals surface area contributed by atoms with E-state index in [0.29, 0.717) is 56.2 Å². The summed E-state index contributed by atoms with van der Waals surface area (Å²) < 4.78 is 50.0. The number of hydrogen-bond donors (Lipinski definition) is 1. The molecule has 0 spiro atoms. The van der Waals surface area contributed by atoms with Crippen LogP contribution in [0.25, 0.3) is 11.3 Å². The summed E-state index contributed by atoms with van der Waals surface area (Å²) in [6, 6.07) is 4.31. The number of nitrogens with zero attached hydrogens (tertiary/aromatic N) is 5. The summed E-state index contributed by atoms with van der Waals surface area (Å²) in [7, 11) is 0. The van der Waals surface area contributed by atoms with E-state index in [1.807, 2.05) is 23.6 Å². The molecule has 190 valence electrons. The minimum absolute atomic E-state index is 0.0417. The van der Waals surface area contributed by atoms with Crippen molar-refractivity contribution in [3.8, 4) is 17.0 Å². The van der Waals surface area contributed by atoms with E-state index in [1.165, 1.54) is 18.3 Å². The molecule has 36 heavy (non-hydrogen) atoms. The Morgan fingerprint density at radius 3 is 2.47 bits per heavy atom. The van der Waals surface area contributed by atoms with E-state index < -0.39 is 17.5 Å². The molecular formula is C26H28F3N5O2. The predicted molar refractivity (Wildman–Crippen MR) is 130 cm³/mol. The van der Waals surface area contributed by atoms with Crippen molar-refractivity contribution in [1.82, 2.24) is 15.0 Å². The molecule has 1 fully saturated rings. The molecule has 0 aliphatic carbocycles. The summed E-state index contributed by atoms with van der Waals surface area (Å²) >= 11 is 0. The summed E-state index contributed by atoms with van der Waals surface area (Å²) in [5.74, 6) is -1.31. The Hall–Kier alpha value is -3.40. The Balaban J connectivity index is 1.41. The van der Waals surface area contributed by atoms with Crippen LogP contribution in [0.1, 0.15) is 38.2 Å². The Labute approximate surface area is 207 Å². The maximum Gasteiger partial charge on any atom is 0.178 e. The van der Waals surface area contributed by atoms with Crippen LogP contribution < -0.4 is 14.5 Å². The van der Waals surface area contributed by atoms with Crippen molar-refractivity contribution in [3.05, 3.63) is 59.6 Å². The van der Waals surface area contributed by atoms with Crippen LogP contribution in [0.15, 0.2) is 30.6 Å². The van der Waals surface area contributed by atoms with Crippen LogP contribution in [0, 0.1) is 17.5 Å². The summed E-state index contributed by atoms with van der Waals surface area (Å²) in [5, 5.41) is 9.68. The lowest BCUT2D eigenvalue weighted by atomic mass is 10.1. The van der Waals surface area contributed by atoms with E-state index in [1.54, 1.807) is 6.07 Å². The highest BCUT2D eigenvalue weighted by Gasteiger charge is 2.26. The molecule has 0 amide bonds. The number of piperidine rings is 1. The molecule has 3 aromatic rings. The smallest absolute Gasteiger partial charge is 0.178 e. The number of aliphatic hydroxyl groups is 1. The molecule has 5 rings (SSSR count). The molecule has 10 heteroatoms. The lowest BCUT2D eigenvalue weighted by molar-refractivity contribution is 0.145. The SMILES string of the molecule is CC(C)N1CCOc2c(F)cc(-c3nc(Cc4cc(F)c(N5CCC(O)CC5)cn4)ncc3F)cc21. The third kappa shape index (κ3) is 4.82. The first-order valence-corrected chi connectivity index (χ1v) is 12.1. The second kappa shape index (κ2) is 9.93. The second-order valence-electron chi connectivity index (χ2n) is 9.45. The molecular weight excluding hydrogens is 471 g/mol. The highest BCUT2D eigenvalue weighted by molar-refractivity contribution is 5.72. The number of benzene rings is 1. The van der Waals surface area contributed by atoms with E-state index in [-0.39, 0.29) is 41.4 Å². The van der Waals surface area contributed by atoms with Crippen LogP contribution in [-0.4, -0.2) is 58.4 Å². The quantitative estimate of drug-likeness (QED) is 0.566. The van der Waals surface area contributed by atoms with Gasteiger partial charge < -0.3 is 19.6 Å². The number of pyridine rings is 1. The van der Waals surface area contributed by atoms with Crippen molar-refractivity contribution in [2.75, 3.05) is 36.0 Å². The average molecular weight is 500 g/mol. The van der Waals surface area contributed by atoms with Crippen LogP contribution in [-0.2, 0) is 6.42 Å². The number of anilines is 2. The van der Waals surface area contributed by atoms with E-state index in [4.69, 9.17) is 4.74 Å². The Morgan fingerprint density at radius 1 is 0.972 bits per heavy atom. The third-order valence-electron chi connectivity index (χ3n) is 6.64. The van der Waals surface area contributed by atoms with Crippen LogP contribution in [0.4, 0.5) is 24.5 Å². The van der Waals surface area contributed by atoms with Crippen LogP contribution in [0.5, 0.6) is 5.75 Å².